The molecule has 4 atom stereocenters. The van der Waals surface area contributed by atoms with Gasteiger partial charge in [0.25, 0.3) is 0 Å². The first-order valence-electron chi connectivity index (χ1n) is 8.16. The summed E-state index contributed by atoms with van der Waals surface area (Å²) in [7, 11) is -0.933. The summed E-state index contributed by atoms with van der Waals surface area (Å²) in [5.41, 5.74) is 5.59. The quantitative estimate of drug-likeness (QED) is 0.768. The van der Waals surface area contributed by atoms with E-state index in [-0.39, 0.29) is 5.91 Å². The minimum absolute atomic E-state index is 0.100. The zero-order valence-corrected chi connectivity index (χ0v) is 15.0. The van der Waals surface area contributed by atoms with Crippen molar-refractivity contribution in [1.29, 1.82) is 0 Å². The molecule has 0 bridgehead atoms. The van der Waals surface area contributed by atoms with E-state index >= 15 is 0 Å². The fraction of sp³-hybridized carbons (Fsp3) is 0.933. The van der Waals surface area contributed by atoms with Crippen LogP contribution in [0, 0.1) is 11.8 Å². The van der Waals surface area contributed by atoms with Crippen molar-refractivity contribution in [2.45, 2.75) is 51.9 Å². The molecule has 2 aliphatic rings. The maximum Gasteiger partial charge on any atom is 0.244 e. The maximum absolute atomic E-state index is 12.8. The highest BCUT2D eigenvalue weighted by Crippen LogP contribution is 2.28. The molecule has 2 fully saturated rings. The van der Waals surface area contributed by atoms with Gasteiger partial charge in [-0.05, 0) is 38.0 Å². The Hall–Kier alpha value is -0.500. The summed E-state index contributed by atoms with van der Waals surface area (Å²) in [6.45, 7) is 8.48. The van der Waals surface area contributed by atoms with Crippen LogP contribution in [0.25, 0.3) is 0 Å². The average Bonchev–Trinajstić information content (AvgIpc) is 2.61. The minimum Gasteiger partial charge on any atom is -0.312 e. The van der Waals surface area contributed by atoms with Crippen LogP contribution in [-0.4, -0.2) is 57.0 Å². The Balaban J connectivity index is 2.00. The Kier molecular flexibility index (Phi) is 5.63. The SMILES string of the molecule is CC(C)CC1(C)NC(N)N(CC2CCCN(S(C)=O)C2)C1=O. The van der Waals surface area contributed by atoms with Crippen LogP contribution in [0.15, 0.2) is 0 Å². The monoisotopic (exact) mass is 330 g/mol. The Bertz CT molecular complexity index is 445. The molecule has 0 aromatic rings. The third kappa shape index (κ3) is 3.88. The first kappa shape index (κ1) is 17.8. The summed E-state index contributed by atoms with van der Waals surface area (Å²) in [5.74, 6) is 0.876. The fourth-order valence-corrected chi connectivity index (χ4v) is 4.56. The van der Waals surface area contributed by atoms with Crippen LogP contribution < -0.4 is 11.1 Å². The molecule has 0 saturated carbocycles. The summed E-state index contributed by atoms with van der Waals surface area (Å²) in [5, 5.41) is 3.27. The van der Waals surface area contributed by atoms with Crippen LogP contribution >= 0.6 is 0 Å². The minimum atomic E-state index is -0.933. The number of hydrogen-bond acceptors (Lipinski definition) is 4. The smallest absolute Gasteiger partial charge is 0.244 e. The molecule has 128 valence electrons. The first-order valence-corrected chi connectivity index (χ1v) is 9.67. The summed E-state index contributed by atoms with van der Waals surface area (Å²) in [4.78, 5) is 14.5. The van der Waals surface area contributed by atoms with Gasteiger partial charge in [-0.25, -0.2) is 8.51 Å². The molecule has 1 amide bonds. The Morgan fingerprint density at radius 1 is 1.50 bits per heavy atom. The molecule has 0 aliphatic carbocycles. The zero-order chi connectivity index (χ0) is 16.5. The second kappa shape index (κ2) is 6.95. The molecule has 0 aromatic heterocycles. The summed E-state index contributed by atoms with van der Waals surface area (Å²) in [6, 6.07) is 0. The molecule has 2 aliphatic heterocycles. The van der Waals surface area contributed by atoms with Crippen LogP contribution in [0.4, 0.5) is 0 Å². The van der Waals surface area contributed by atoms with E-state index in [1.807, 2.05) is 11.2 Å². The Morgan fingerprint density at radius 3 is 2.77 bits per heavy atom. The molecule has 2 heterocycles. The number of rotatable bonds is 5. The summed E-state index contributed by atoms with van der Waals surface area (Å²) in [6.07, 6.45) is 4.17. The molecular weight excluding hydrogens is 300 g/mol. The molecule has 0 spiro atoms. The number of nitrogens with zero attached hydrogens (tertiary/aromatic N) is 2. The molecule has 22 heavy (non-hydrogen) atoms. The molecule has 3 N–H and O–H groups in total. The lowest BCUT2D eigenvalue weighted by molar-refractivity contribution is -0.134. The fourth-order valence-electron chi connectivity index (χ4n) is 3.76. The van der Waals surface area contributed by atoms with E-state index in [0.717, 1.165) is 32.4 Å². The number of piperidine rings is 1. The van der Waals surface area contributed by atoms with Crippen molar-refractivity contribution in [3.05, 3.63) is 0 Å². The number of nitrogens with one attached hydrogen (secondary N) is 1. The van der Waals surface area contributed by atoms with Gasteiger partial charge in [0.15, 0.2) is 0 Å². The predicted molar refractivity (Wildman–Crippen MR) is 89.0 cm³/mol. The van der Waals surface area contributed by atoms with E-state index in [4.69, 9.17) is 5.73 Å². The third-order valence-corrected chi connectivity index (χ3v) is 5.71. The average molecular weight is 330 g/mol. The van der Waals surface area contributed by atoms with Crippen LogP contribution in [0.2, 0.25) is 0 Å². The first-order chi connectivity index (χ1) is 10.2. The van der Waals surface area contributed by atoms with Crippen molar-refractivity contribution in [1.82, 2.24) is 14.5 Å². The number of amides is 1. The predicted octanol–water partition coefficient (Wildman–Crippen LogP) is 0.471. The lowest BCUT2D eigenvalue weighted by Gasteiger charge is -2.34. The van der Waals surface area contributed by atoms with Crippen molar-refractivity contribution in [2.75, 3.05) is 25.9 Å². The van der Waals surface area contributed by atoms with Crippen molar-refractivity contribution in [2.24, 2.45) is 17.6 Å². The van der Waals surface area contributed by atoms with E-state index < -0.39 is 22.8 Å². The van der Waals surface area contributed by atoms with E-state index in [1.165, 1.54) is 0 Å². The number of hydrogen-bond donors (Lipinski definition) is 2. The molecule has 0 aromatic carbocycles. The zero-order valence-electron chi connectivity index (χ0n) is 14.2. The lowest BCUT2D eigenvalue weighted by atomic mass is 9.90. The maximum atomic E-state index is 12.8. The second-order valence-electron chi connectivity index (χ2n) is 7.30. The van der Waals surface area contributed by atoms with Crippen molar-refractivity contribution >= 4 is 16.9 Å². The van der Waals surface area contributed by atoms with Crippen molar-refractivity contribution < 1.29 is 9.00 Å². The highest BCUT2D eigenvalue weighted by molar-refractivity contribution is 7.81. The van der Waals surface area contributed by atoms with E-state index in [9.17, 15) is 9.00 Å². The van der Waals surface area contributed by atoms with E-state index in [2.05, 4.69) is 19.2 Å². The Morgan fingerprint density at radius 2 is 2.18 bits per heavy atom. The molecular formula is C15H30N4O2S. The number of carbonyl (C=O) groups is 1. The third-order valence-electron chi connectivity index (χ3n) is 4.65. The van der Waals surface area contributed by atoms with Crippen molar-refractivity contribution in [3.8, 4) is 0 Å². The normalized spacial score (nSPS) is 35.4. The molecule has 2 rings (SSSR count). The van der Waals surface area contributed by atoms with Gasteiger partial charge >= 0.3 is 0 Å². The summed E-state index contributed by atoms with van der Waals surface area (Å²) < 4.78 is 13.6. The standard InChI is InChI=1S/C15H30N4O2S/c1-11(2)8-15(3)13(20)19(14(16)17-15)10-12-6-5-7-18(9-12)22(4)21/h11-12,14,17H,5-10,16H2,1-4H3. The Labute approximate surface area is 136 Å². The lowest BCUT2D eigenvalue weighted by Crippen LogP contribution is -2.49. The van der Waals surface area contributed by atoms with Crippen molar-refractivity contribution in [3.63, 3.8) is 0 Å². The molecule has 0 radical (unpaired) electrons. The molecule has 6 nitrogen and oxygen atoms in total. The van der Waals surface area contributed by atoms with E-state index in [1.54, 1.807) is 11.2 Å². The van der Waals surface area contributed by atoms with Gasteiger partial charge in [0.1, 0.15) is 6.29 Å². The van der Waals surface area contributed by atoms with Gasteiger partial charge in [0.05, 0.1) is 16.5 Å². The van der Waals surface area contributed by atoms with Crippen LogP contribution in [0.5, 0.6) is 0 Å². The molecule has 7 heteroatoms. The van der Waals surface area contributed by atoms with Crippen LogP contribution in [-0.2, 0) is 15.8 Å². The highest BCUT2D eigenvalue weighted by Gasteiger charge is 2.47. The van der Waals surface area contributed by atoms with Crippen LogP contribution in [0.3, 0.4) is 0 Å². The molecule has 4 unspecified atom stereocenters. The second-order valence-corrected chi connectivity index (χ2v) is 8.66. The number of nitrogens with two attached hydrogens (primary N) is 1. The summed E-state index contributed by atoms with van der Waals surface area (Å²) >= 11 is 0. The highest BCUT2D eigenvalue weighted by atomic mass is 32.2. The van der Waals surface area contributed by atoms with Gasteiger partial charge in [0, 0.05) is 25.9 Å². The van der Waals surface area contributed by atoms with Gasteiger partial charge in [-0.3, -0.25) is 15.8 Å². The largest absolute Gasteiger partial charge is 0.312 e. The molecule has 2 saturated heterocycles. The van der Waals surface area contributed by atoms with Crippen LogP contribution in [0.1, 0.15) is 40.0 Å². The van der Waals surface area contributed by atoms with Gasteiger partial charge < -0.3 is 4.90 Å². The van der Waals surface area contributed by atoms with E-state index in [0.29, 0.717) is 18.4 Å². The van der Waals surface area contributed by atoms with Gasteiger partial charge in [0.2, 0.25) is 5.91 Å². The topological polar surface area (TPSA) is 78.7 Å². The number of carbonyl (C=O) groups excluding carboxylic acids is 1. The van der Waals surface area contributed by atoms with Gasteiger partial charge in [-0.15, -0.1) is 0 Å². The van der Waals surface area contributed by atoms with Gasteiger partial charge in [-0.2, -0.15) is 0 Å². The van der Waals surface area contributed by atoms with Gasteiger partial charge in [-0.1, -0.05) is 13.8 Å².